The second-order valence-corrected chi connectivity index (χ2v) is 7.83. The molecule has 0 fully saturated rings. The molecule has 3 heterocycles. The van der Waals surface area contributed by atoms with E-state index in [2.05, 4.69) is 20.4 Å². The molecule has 1 amide bonds. The fourth-order valence-corrected chi connectivity index (χ4v) is 3.62. The van der Waals surface area contributed by atoms with Crippen molar-refractivity contribution in [1.82, 2.24) is 19.7 Å². The number of aromatic nitrogens is 4. The Balaban J connectivity index is 1.29. The number of carbonyl (C=O) groups is 1. The van der Waals surface area contributed by atoms with Gasteiger partial charge < -0.3 is 19.5 Å². The number of rotatable bonds is 5. The summed E-state index contributed by atoms with van der Waals surface area (Å²) in [5.74, 6) is 2.34. The number of carbonyl (C=O) groups excluding carboxylic acids is 1. The highest BCUT2D eigenvalue weighted by Crippen LogP contribution is 2.34. The summed E-state index contributed by atoms with van der Waals surface area (Å²) in [4.78, 5) is 21.3. The van der Waals surface area contributed by atoms with Crippen LogP contribution in [0.25, 0.3) is 5.82 Å². The van der Waals surface area contributed by atoms with E-state index in [0.29, 0.717) is 53.4 Å². The molecular formula is C25H23N5O4. The largest absolute Gasteiger partial charge is 0.486 e. The molecule has 4 aromatic rings. The lowest BCUT2D eigenvalue weighted by molar-refractivity contribution is 0.101. The van der Waals surface area contributed by atoms with Crippen molar-refractivity contribution >= 4 is 11.6 Å². The average Bonchev–Trinajstić information content (AvgIpc) is 3.12. The number of hydrogen-bond acceptors (Lipinski definition) is 7. The minimum atomic E-state index is -0.281. The van der Waals surface area contributed by atoms with Gasteiger partial charge in [0.1, 0.15) is 25.3 Å². The summed E-state index contributed by atoms with van der Waals surface area (Å²) in [7, 11) is 0. The second-order valence-electron chi connectivity index (χ2n) is 7.83. The molecule has 0 saturated heterocycles. The number of benzene rings is 2. The third-order valence-corrected chi connectivity index (χ3v) is 5.64. The quantitative estimate of drug-likeness (QED) is 0.474. The first-order valence-electron chi connectivity index (χ1n) is 10.8. The van der Waals surface area contributed by atoms with Crippen molar-refractivity contribution in [2.75, 3.05) is 18.5 Å². The highest BCUT2D eigenvalue weighted by molar-refractivity contribution is 6.06. The van der Waals surface area contributed by atoms with Crippen molar-refractivity contribution in [3.8, 4) is 28.9 Å². The van der Waals surface area contributed by atoms with Gasteiger partial charge in [0.05, 0.1) is 11.3 Å². The highest BCUT2D eigenvalue weighted by Gasteiger charge is 2.20. The predicted octanol–water partition coefficient (Wildman–Crippen LogP) is 4.40. The maximum Gasteiger partial charge on any atom is 0.259 e. The lowest BCUT2D eigenvalue weighted by Gasteiger charge is -2.20. The predicted molar refractivity (Wildman–Crippen MR) is 125 cm³/mol. The molecule has 1 aliphatic rings. The molecule has 2 aromatic heterocycles. The number of hydrogen-bond donors (Lipinski definition) is 1. The SMILES string of the molecule is Cc1nn(-c2cc(Oc3ccc(NC(=O)c4cccc5c4OCCO5)cc3)ncn2)c(C)c1C. The zero-order valence-electron chi connectivity index (χ0n) is 19.0. The minimum absolute atomic E-state index is 0.281. The Labute approximate surface area is 196 Å². The van der Waals surface area contributed by atoms with Crippen molar-refractivity contribution in [1.29, 1.82) is 0 Å². The molecule has 0 atom stereocenters. The van der Waals surface area contributed by atoms with Crippen molar-refractivity contribution in [2.45, 2.75) is 20.8 Å². The Hall–Kier alpha value is -4.40. The van der Waals surface area contributed by atoms with E-state index in [1.807, 2.05) is 20.8 Å². The lowest BCUT2D eigenvalue weighted by Crippen LogP contribution is -2.20. The third kappa shape index (κ3) is 4.15. The zero-order valence-corrected chi connectivity index (χ0v) is 19.0. The van der Waals surface area contributed by atoms with E-state index in [1.165, 1.54) is 6.33 Å². The summed E-state index contributed by atoms with van der Waals surface area (Å²) in [6.45, 7) is 6.86. The average molecular weight is 457 g/mol. The molecule has 172 valence electrons. The lowest BCUT2D eigenvalue weighted by atomic mass is 10.1. The normalized spacial score (nSPS) is 12.3. The molecule has 0 saturated carbocycles. The van der Waals surface area contributed by atoms with Crippen LogP contribution in [0.1, 0.15) is 27.3 Å². The summed E-state index contributed by atoms with van der Waals surface area (Å²) in [6.07, 6.45) is 1.44. The van der Waals surface area contributed by atoms with Crippen LogP contribution in [0.5, 0.6) is 23.1 Å². The first-order chi connectivity index (χ1) is 16.5. The number of nitrogens with zero attached hydrogens (tertiary/aromatic N) is 4. The first-order valence-corrected chi connectivity index (χ1v) is 10.8. The van der Waals surface area contributed by atoms with Gasteiger partial charge in [-0.05, 0) is 62.7 Å². The van der Waals surface area contributed by atoms with E-state index >= 15 is 0 Å². The van der Waals surface area contributed by atoms with Gasteiger partial charge in [0.25, 0.3) is 5.91 Å². The smallest absolute Gasteiger partial charge is 0.259 e. The Morgan fingerprint density at radius 2 is 1.82 bits per heavy atom. The van der Waals surface area contributed by atoms with Crippen LogP contribution >= 0.6 is 0 Å². The van der Waals surface area contributed by atoms with E-state index in [0.717, 1.165) is 17.0 Å². The molecule has 5 rings (SSSR count). The van der Waals surface area contributed by atoms with Crippen molar-refractivity contribution in [3.05, 3.63) is 77.4 Å². The summed E-state index contributed by atoms with van der Waals surface area (Å²) in [6, 6.07) is 14.0. The minimum Gasteiger partial charge on any atom is -0.486 e. The Kier molecular flexibility index (Phi) is 5.59. The molecule has 1 aliphatic heterocycles. The molecule has 0 aliphatic carbocycles. The highest BCUT2D eigenvalue weighted by atomic mass is 16.6. The molecule has 1 N–H and O–H groups in total. The Morgan fingerprint density at radius 1 is 1.03 bits per heavy atom. The molecule has 0 unspecified atom stereocenters. The van der Waals surface area contributed by atoms with Crippen LogP contribution in [0.3, 0.4) is 0 Å². The van der Waals surface area contributed by atoms with E-state index in [9.17, 15) is 4.79 Å². The second kappa shape index (κ2) is 8.86. The summed E-state index contributed by atoms with van der Waals surface area (Å²) in [5.41, 5.74) is 4.12. The van der Waals surface area contributed by atoms with Gasteiger partial charge in [-0.15, -0.1) is 0 Å². The summed E-state index contributed by atoms with van der Waals surface area (Å²) >= 11 is 0. The van der Waals surface area contributed by atoms with Crippen molar-refractivity contribution < 1.29 is 19.0 Å². The maximum absolute atomic E-state index is 12.8. The molecule has 0 bridgehead atoms. The maximum atomic E-state index is 12.8. The van der Waals surface area contributed by atoms with Crippen LogP contribution in [0.15, 0.2) is 54.9 Å². The number of amides is 1. The van der Waals surface area contributed by atoms with Gasteiger partial charge in [-0.1, -0.05) is 6.07 Å². The van der Waals surface area contributed by atoms with E-state index in [1.54, 1.807) is 53.2 Å². The molecule has 9 heteroatoms. The van der Waals surface area contributed by atoms with E-state index in [-0.39, 0.29) is 5.91 Å². The van der Waals surface area contributed by atoms with E-state index < -0.39 is 0 Å². The van der Waals surface area contributed by atoms with Crippen LogP contribution in [0, 0.1) is 20.8 Å². The van der Waals surface area contributed by atoms with E-state index in [4.69, 9.17) is 14.2 Å². The summed E-state index contributed by atoms with van der Waals surface area (Å²) in [5, 5.41) is 7.41. The van der Waals surface area contributed by atoms with Gasteiger partial charge in [-0.25, -0.2) is 14.6 Å². The van der Waals surface area contributed by atoms with Crippen LogP contribution < -0.4 is 19.5 Å². The third-order valence-electron chi connectivity index (χ3n) is 5.64. The van der Waals surface area contributed by atoms with Crippen molar-refractivity contribution in [2.24, 2.45) is 0 Å². The van der Waals surface area contributed by atoms with Crippen LogP contribution in [0.2, 0.25) is 0 Å². The molecule has 9 nitrogen and oxygen atoms in total. The van der Waals surface area contributed by atoms with Gasteiger partial charge in [-0.3, -0.25) is 4.79 Å². The van der Waals surface area contributed by atoms with Crippen LogP contribution in [-0.4, -0.2) is 38.9 Å². The topological polar surface area (TPSA) is 100 Å². The number of aryl methyl sites for hydroxylation is 1. The van der Waals surface area contributed by atoms with Gasteiger partial charge >= 0.3 is 0 Å². The zero-order chi connectivity index (χ0) is 23.7. The van der Waals surface area contributed by atoms with Crippen LogP contribution in [0.4, 0.5) is 5.69 Å². The number of fused-ring (bicyclic) bond motifs is 1. The number of nitrogens with one attached hydrogen (secondary N) is 1. The Morgan fingerprint density at radius 3 is 2.59 bits per heavy atom. The molecular weight excluding hydrogens is 434 g/mol. The standard InChI is InChI=1S/C25H23N5O4/c1-15-16(2)29-30(17(15)3)22-13-23(27-14-26-22)34-19-9-7-18(8-10-19)28-25(31)20-5-4-6-21-24(20)33-12-11-32-21/h4-10,13-14H,11-12H2,1-3H3,(H,28,31). The van der Waals surface area contributed by atoms with Crippen molar-refractivity contribution in [3.63, 3.8) is 0 Å². The Bertz CT molecular complexity index is 1360. The number of para-hydroxylation sites is 1. The fraction of sp³-hybridized carbons (Fsp3) is 0.200. The molecule has 34 heavy (non-hydrogen) atoms. The monoisotopic (exact) mass is 457 g/mol. The molecule has 0 radical (unpaired) electrons. The van der Waals surface area contributed by atoms with Gasteiger partial charge in [-0.2, -0.15) is 5.10 Å². The van der Waals surface area contributed by atoms with Crippen LogP contribution in [-0.2, 0) is 0 Å². The first kappa shape index (κ1) is 21.4. The number of anilines is 1. The summed E-state index contributed by atoms with van der Waals surface area (Å²) < 4.78 is 18.8. The van der Waals surface area contributed by atoms with Gasteiger partial charge in [0, 0.05) is 17.4 Å². The molecule has 0 spiro atoms. The van der Waals surface area contributed by atoms with Gasteiger partial charge in [0.15, 0.2) is 17.3 Å². The fourth-order valence-electron chi connectivity index (χ4n) is 3.62. The van der Waals surface area contributed by atoms with Gasteiger partial charge in [0.2, 0.25) is 5.88 Å². The molecule has 2 aromatic carbocycles. The number of ether oxygens (including phenoxy) is 3.